The fourth-order valence-electron chi connectivity index (χ4n) is 0.631. The second-order valence-electron chi connectivity index (χ2n) is 1.73. The van der Waals surface area contributed by atoms with Crippen LogP contribution in [-0.2, 0) is 0 Å². The summed E-state index contributed by atoms with van der Waals surface area (Å²) in [5.41, 5.74) is 0. The molecule has 0 bridgehead atoms. The molecule has 0 atom stereocenters. The van der Waals surface area contributed by atoms with Crippen LogP contribution < -0.4 is 4.74 Å². The van der Waals surface area contributed by atoms with E-state index in [0.29, 0.717) is 5.75 Å². The predicted molar refractivity (Wildman–Crippen MR) is 34.1 cm³/mol. The maximum Gasteiger partial charge on any atom is 0.186 e. The zero-order chi connectivity index (χ0) is 7.40. The Morgan fingerprint density at radius 2 is 2.30 bits per heavy atom. The van der Waals surface area contributed by atoms with Crippen LogP contribution in [0.1, 0.15) is 0 Å². The van der Waals surface area contributed by atoms with Gasteiger partial charge in [-0.25, -0.2) is 4.39 Å². The zero-order valence-corrected chi connectivity index (χ0v) is 5.25. The SMILES string of the molecule is OCOc1cccc(F)c1. The van der Waals surface area contributed by atoms with Crippen LogP contribution in [0.4, 0.5) is 4.39 Å². The summed E-state index contributed by atoms with van der Waals surface area (Å²) < 4.78 is 16.9. The first-order chi connectivity index (χ1) is 4.83. The maximum absolute atomic E-state index is 12.3. The molecule has 1 rings (SSSR count). The second-order valence-corrected chi connectivity index (χ2v) is 1.73. The highest BCUT2D eigenvalue weighted by molar-refractivity contribution is 5.22. The Balaban J connectivity index is 2.75. The van der Waals surface area contributed by atoms with Crippen molar-refractivity contribution in [2.75, 3.05) is 6.79 Å². The minimum absolute atomic E-state index is 0.336. The van der Waals surface area contributed by atoms with Gasteiger partial charge in [0.2, 0.25) is 0 Å². The normalized spacial score (nSPS) is 9.40. The second kappa shape index (κ2) is 3.17. The fourth-order valence-corrected chi connectivity index (χ4v) is 0.631. The Morgan fingerprint density at radius 1 is 1.50 bits per heavy atom. The molecule has 0 fully saturated rings. The summed E-state index contributed by atoms with van der Waals surface area (Å²) in [6, 6.07) is 5.60. The molecule has 0 unspecified atom stereocenters. The van der Waals surface area contributed by atoms with Gasteiger partial charge < -0.3 is 9.84 Å². The molecule has 0 saturated carbocycles. The van der Waals surface area contributed by atoms with E-state index in [9.17, 15) is 4.39 Å². The molecule has 0 aliphatic rings. The first kappa shape index (κ1) is 7.02. The van der Waals surface area contributed by atoms with E-state index in [1.807, 2.05) is 0 Å². The lowest BCUT2D eigenvalue weighted by Crippen LogP contribution is -1.94. The van der Waals surface area contributed by atoms with Crippen molar-refractivity contribution in [3.63, 3.8) is 0 Å². The van der Waals surface area contributed by atoms with E-state index >= 15 is 0 Å². The zero-order valence-electron chi connectivity index (χ0n) is 5.25. The number of aliphatic hydroxyl groups is 1. The fraction of sp³-hybridized carbons (Fsp3) is 0.143. The number of hydrogen-bond acceptors (Lipinski definition) is 2. The molecule has 0 spiro atoms. The molecule has 54 valence electrons. The van der Waals surface area contributed by atoms with Crippen LogP contribution in [0.3, 0.4) is 0 Å². The molecular formula is C7H7FO2. The molecule has 2 nitrogen and oxygen atoms in total. The molecule has 0 radical (unpaired) electrons. The molecule has 0 aliphatic heterocycles. The van der Waals surface area contributed by atoms with Crippen LogP contribution in [-0.4, -0.2) is 11.9 Å². The van der Waals surface area contributed by atoms with Gasteiger partial charge in [-0.05, 0) is 12.1 Å². The Kier molecular flexibility index (Phi) is 2.23. The van der Waals surface area contributed by atoms with Crippen LogP contribution >= 0.6 is 0 Å². The van der Waals surface area contributed by atoms with Gasteiger partial charge in [0.15, 0.2) is 6.79 Å². The smallest absolute Gasteiger partial charge is 0.186 e. The topological polar surface area (TPSA) is 29.5 Å². The molecule has 0 aromatic heterocycles. The average molecular weight is 142 g/mol. The summed E-state index contributed by atoms with van der Waals surface area (Å²) >= 11 is 0. The number of ether oxygens (including phenoxy) is 1. The molecule has 1 N–H and O–H groups in total. The van der Waals surface area contributed by atoms with Gasteiger partial charge in [-0.3, -0.25) is 0 Å². The molecule has 0 amide bonds. The standard InChI is InChI=1S/C7H7FO2/c8-6-2-1-3-7(4-6)10-5-9/h1-4,9H,5H2. The molecule has 3 heteroatoms. The van der Waals surface area contributed by atoms with E-state index in [1.54, 1.807) is 6.07 Å². The van der Waals surface area contributed by atoms with Crippen LogP contribution in [0.25, 0.3) is 0 Å². The van der Waals surface area contributed by atoms with Crippen molar-refractivity contribution in [2.24, 2.45) is 0 Å². The van der Waals surface area contributed by atoms with Crippen LogP contribution in [0, 0.1) is 5.82 Å². The highest BCUT2D eigenvalue weighted by atomic mass is 19.1. The number of aliphatic hydroxyl groups excluding tert-OH is 1. The lowest BCUT2D eigenvalue weighted by Gasteiger charge is -1.99. The minimum Gasteiger partial charge on any atom is -0.468 e. The van der Waals surface area contributed by atoms with Crippen molar-refractivity contribution >= 4 is 0 Å². The third-order valence-electron chi connectivity index (χ3n) is 1.03. The predicted octanol–water partition coefficient (Wildman–Crippen LogP) is 1.15. The van der Waals surface area contributed by atoms with Crippen LogP contribution in [0.15, 0.2) is 24.3 Å². The minimum atomic E-state index is -0.427. The molecule has 10 heavy (non-hydrogen) atoms. The Labute approximate surface area is 57.9 Å². The van der Waals surface area contributed by atoms with E-state index in [1.165, 1.54) is 18.2 Å². The molecular weight excluding hydrogens is 135 g/mol. The van der Waals surface area contributed by atoms with Crippen molar-refractivity contribution in [1.29, 1.82) is 0 Å². The van der Waals surface area contributed by atoms with Gasteiger partial charge >= 0.3 is 0 Å². The molecule has 0 saturated heterocycles. The Morgan fingerprint density at radius 3 is 2.90 bits per heavy atom. The number of halogens is 1. The van der Waals surface area contributed by atoms with E-state index in [-0.39, 0.29) is 5.82 Å². The first-order valence-corrected chi connectivity index (χ1v) is 2.82. The van der Waals surface area contributed by atoms with Gasteiger partial charge in [-0.15, -0.1) is 0 Å². The quantitative estimate of drug-likeness (QED) is 0.628. The van der Waals surface area contributed by atoms with E-state index in [2.05, 4.69) is 4.74 Å². The van der Waals surface area contributed by atoms with Crippen molar-refractivity contribution in [1.82, 2.24) is 0 Å². The van der Waals surface area contributed by atoms with Gasteiger partial charge in [-0.2, -0.15) is 0 Å². The first-order valence-electron chi connectivity index (χ1n) is 2.82. The third kappa shape index (κ3) is 1.70. The van der Waals surface area contributed by atoms with Gasteiger partial charge in [0.05, 0.1) is 0 Å². The summed E-state index contributed by atoms with van der Waals surface area (Å²) in [5.74, 6) is -0.0338. The lowest BCUT2D eigenvalue weighted by atomic mass is 10.3. The Bertz CT molecular complexity index is 213. The Hall–Kier alpha value is -1.09. The van der Waals surface area contributed by atoms with Crippen molar-refractivity contribution < 1.29 is 14.2 Å². The highest BCUT2D eigenvalue weighted by Gasteiger charge is 1.92. The molecule has 0 heterocycles. The summed E-state index contributed by atoms with van der Waals surface area (Å²) in [5, 5.41) is 8.27. The largest absolute Gasteiger partial charge is 0.468 e. The van der Waals surface area contributed by atoms with E-state index in [0.717, 1.165) is 0 Å². The van der Waals surface area contributed by atoms with Crippen LogP contribution in [0.2, 0.25) is 0 Å². The number of hydrogen-bond donors (Lipinski definition) is 1. The summed E-state index contributed by atoms with van der Waals surface area (Å²) in [7, 11) is 0. The average Bonchev–Trinajstić information content (AvgIpc) is 1.88. The van der Waals surface area contributed by atoms with E-state index < -0.39 is 6.79 Å². The van der Waals surface area contributed by atoms with Gasteiger partial charge in [0.1, 0.15) is 11.6 Å². The van der Waals surface area contributed by atoms with Crippen molar-refractivity contribution in [3.8, 4) is 5.75 Å². The lowest BCUT2D eigenvalue weighted by molar-refractivity contribution is 0.0982. The summed E-state index contributed by atoms with van der Waals surface area (Å²) in [6.07, 6.45) is 0. The van der Waals surface area contributed by atoms with Crippen LogP contribution in [0.5, 0.6) is 5.75 Å². The number of rotatable bonds is 2. The molecule has 1 aromatic carbocycles. The van der Waals surface area contributed by atoms with Gasteiger partial charge in [0.25, 0.3) is 0 Å². The molecule has 1 aromatic rings. The highest BCUT2D eigenvalue weighted by Crippen LogP contribution is 2.10. The maximum atomic E-state index is 12.3. The number of benzene rings is 1. The van der Waals surface area contributed by atoms with Gasteiger partial charge in [-0.1, -0.05) is 6.07 Å². The summed E-state index contributed by atoms with van der Waals surface area (Å²) in [6.45, 7) is -0.427. The van der Waals surface area contributed by atoms with E-state index in [4.69, 9.17) is 5.11 Å². The third-order valence-corrected chi connectivity index (χ3v) is 1.03. The van der Waals surface area contributed by atoms with Crippen molar-refractivity contribution in [2.45, 2.75) is 0 Å². The van der Waals surface area contributed by atoms with Crippen molar-refractivity contribution in [3.05, 3.63) is 30.1 Å². The molecule has 0 aliphatic carbocycles. The summed E-state index contributed by atoms with van der Waals surface area (Å²) in [4.78, 5) is 0. The van der Waals surface area contributed by atoms with Gasteiger partial charge in [0, 0.05) is 6.07 Å². The monoisotopic (exact) mass is 142 g/mol.